The van der Waals surface area contributed by atoms with E-state index in [1.54, 1.807) is 11.5 Å². The minimum atomic E-state index is -0.632. The number of nitrogens with two attached hydrogens (primary N) is 1. The number of terminal acetylenes is 1. The number of carbonyl (C=O) groups excluding carboxylic acids is 1. The second-order valence-corrected chi connectivity index (χ2v) is 4.37. The molecule has 1 heterocycles. The SMILES string of the molecule is C#CC(C)(C)n1c(CC)nc(C(=O)OCC)c1N. The molecule has 2 N–H and O–H groups in total. The molecule has 0 aliphatic heterocycles. The number of esters is 1. The van der Waals surface area contributed by atoms with Crippen LogP contribution in [0.5, 0.6) is 0 Å². The van der Waals surface area contributed by atoms with Crippen molar-refractivity contribution in [3.8, 4) is 12.3 Å². The van der Waals surface area contributed by atoms with E-state index in [1.807, 2.05) is 20.8 Å². The molecule has 1 aromatic rings. The molecule has 5 nitrogen and oxygen atoms in total. The molecule has 0 atom stereocenters. The molecule has 0 radical (unpaired) electrons. The molecular weight excluding hydrogens is 230 g/mol. The summed E-state index contributed by atoms with van der Waals surface area (Å²) in [6.45, 7) is 7.64. The molecule has 0 aliphatic rings. The summed E-state index contributed by atoms with van der Waals surface area (Å²) in [5, 5.41) is 0. The molecule has 98 valence electrons. The van der Waals surface area contributed by atoms with Crippen LogP contribution in [0.4, 0.5) is 5.82 Å². The smallest absolute Gasteiger partial charge is 0.360 e. The summed E-state index contributed by atoms with van der Waals surface area (Å²) in [5.41, 5.74) is 5.48. The van der Waals surface area contributed by atoms with Crippen molar-refractivity contribution in [1.82, 2.24) is 9.55 Å². The zero-order valence-corrected chi connectivity index (χ0v) is 11.3. The molecule has 5 heteroatoms. The average Bonchev–Trinajstić information content (AvgIpc) is 2.67. The molecule has 1 rings (SSSR count). The average molecular weight is 249 g/mol. The molecule has 0 bridgehead atoms. The van der Waals surface area contributed by atoms with Gasteiger partial charge in [-0.3, -0.25) is 4.57 Å². The molecule has 0 unspecified atom stereocenters. The fourth-order valence-electron chi connectivity index (χ4n) is 1.76. The van der Waals surface area contributed by atoms with Gasteiger partial charge < -0.3 is 10.5 Å². The lowest BCUT2D eigenvalue weighted by Gasteiger charge is -2.23. The quantitative estimate of drug-likeness (QED) is 0.649. The van der Waals surface area contributed by atoms with E-state index in [-0.39, 0.29) is 18.1 Å². The van der Waals surface area contributed by atoms with Crippen LogP contribution in [0, 0.1) is 12.3 Å². The molecule has 0 aromatic carbocycles. The second kappa shape index (κ2) is 5.13. The highest BCUT2D eigenvalue weighted by molar-refractivity contribution is 5.92. The Morgan fingerprint density at radius 3 is 2.61 bits per heavy atom. The van der Waals surface area contributed by atoms with E-state index in [4.69, 9.17) is 16.9 Å². The Morgan fingerprint density at radius 2 is 2.17 bits per heavy atom. The minimum Gasteiger partial charge on any atom is -0.461 e. The van der Waals surface area contributed by atoms with Crippen LogP contribution >= 0.6 is 0 Å². The molecule has 0 aliphatic carbocycles. The van der Waals surface area contributed by atoms with Crippen molar-refractivity contribution >= 4 is 11.8 Å². The lowest BCUT2D eigenvalue weighted by molar-refractivity contribution is 0.0521. The number of ether oxygens (including phenoxy) is 1. The summed E-state index contributed by atoms with van der Waals surface area (Å²) in [4.78, 5) is 16.0. The van der Waals surface area contributed by atoms with E-state index in [9.17, 15) is 4.79 Å². The summed E-state index contributed by atoms with van der Waals surface area (Å²) in [5.74, 6) is 3.07. The Morgan fingerprint density at radius 1 is 1.56 bits per heavy atom. The fourth-order valence-corrected chi connectivity index (χ4v) is 1.76. The van der Waals surface area contributed by atoms with Crippen molar-refractivity contribution in [2.45, 2.75) is 39.7 Å². The number of nitrogens with zero attached hydrogens (tertiary/aromatic N) is 2. The van der Waals surface area contributed by atoms with Gasteiger partial charge in [0.15, 0.2) is 5.69 Å². The molecule has 0 amide bonds. The molecule has 18 heavy (non-hydrogen) atoms. The van der Waals surface area contributed by atoms with Gasteiger partial charge in [-0.15, -0.1) is 6.42 Å². The van der Waals surface area contributed by atoms with Gasteiger partial charge in [-0.05, 0) is 20.8 Å². The number of carbonyl (C=O) groups is 1. The fraction of sp³-hybridized carbons (Fsp3) is 0.538. The van der Waals surface area contributed by atoms with Gasteiger partial charge in [0.25, 0.3) is 0 Å². The Labute approximate surface area is 107 Å². The number of aryl methyl sites for hydroxylation is 1. The van der Waals surface area contributed by atoms with Gasteiger partial charge in [-0.2, -0.15) is 0 Å². The van der Waals surface area contributed by atoms with Crippen LogP contribution in [0.2, 0.25) is 0 Å². The second-order valence-electron chi connectivity index (χ2n) is 4.37. The third-order valence-corrected chi connectivity index (χ3v) is 2.68. The number of hydrogen-bond donors (Lipinski definition) is 1. The van der Waals surface area contributed by atoms with E-state index in [2.05, 4.69) is 10.9 Å². The topological polar surface area (TPSA) is 70.1 Å². The van der Waals surface area contributed by atoms with Crippen molar-refractivity contribution in [2.75, 3.05) is 12.3 Å². The number of rotatable bonds is 4. The van der Waals surface area contributed by atoms with Gasteiger partial charge in [0, 0.05) is 6.42 Å². The maximum atomic E-state index is 11.7. The maximum Gasteiger partial charge on any atom is 0.360 e. The highest BCUT2D eigenvalue weighted by Gasteiger charge is 2.28. The number of nitrogen functional groups attached to an aromatic ring is 1. The zero-order valence-electron chi connectivity index (χ0n) is 11.3. The zero-order chi connectivity index (χ0) is 13.9. The molecule has 1 aromatic heterocycles. The standard InChI is InChI=1S/C13H19N3O2/c1-6-9-15-10(12(17)18-8-3)11(14)16(9)13(4,5)7-2/h2H,6,8,14H2,1,3-5H3. The Kier molecular flexibility index (Phi) is 4.02. The van der Waals surface area contributed by atoms with Crippen LogP contribution in [0.25, 0.3) is 0 Å². The summed E-state index contributed by atoms with van der Waals surface area (Å²) in [6.07, 6.45) is 6.14. The summed E-state index contributed by atoms with van der Waals surface area (Å²) in [7, 11) is 0. The van der Waals surface area contributed by atoms with Gasteiger partial charge in [0.1, 0.15) is 17.2 Å². The number of hydrogen-bond acceptors (Lipinski definition) is 4. The number of imidazole rings is 1. The van der Waals surface area contributed by atoms with Crippen molar-refractivity contribution in [2.24, 2.45) is 0 Å². The predicted molar refractivity (Wildman–Crippen MR) is 70.1 cm³/mol. The number of aromatic nitrogens is 2. The van der Waals surface area contributed by atoms with Crippen molar-refractivity contribution in [3.05, 3.63) is 11.5 Å². The molecule has 0 spiro atoms. The van der Waals surface area contributed by atoms with E-state index >= 15 is 0 Å². The van der Waals surface area contributed by atoms with Crippen LogP contribution in [-0.2, 0) is 16.7 Å². The van der Waals surface area contributed by atoms with E-state index in [0.717, 1.165) is 0 Å². The summed E-state index contributed by atoms with van der Waals surface area (Å²) >= 11 is 0. The predicted octanol–water partition coefficient (Wildman–Crippen LogP) is 1.57. The van der Waals surface area contributed by atoms with E-state index in [1.165, 1.54) is 0 Å². The van der Waals surface area contributed by atoms with Crippen LogP contribution in [0.15, 0.2) is 0 Å². The Balaban J connectivity index is 3.37. The maximum absolute atomic E-state index is 11.7. The third-order valence-electron chi connectivity index (χ3n) is 2.68. The minimum absolute atomic E-state index is 0.136. The van der Waals surface area contributed by atoms with Gasteiger partial charge >= 0.3 is 5.97 Å². The van der Waals surface area contributed by atoms with Crippen LogP contribution in [0.3, 0.4) is 0 Å². The third kappa shape index (κ3) is 2.33. The lowest BCUT2D eigenvalue weighted by atomic mass is 10.1. The highest BCUT2D eigenvalue weighted by Crippen LogP contribution is 2.25. The van der Waals surface area contributed by atoms with Gasteiger partial charge in [0.05, 0.1) is 6.61 Å². The molecule has 0 fully saturated rings. The first kappa shape index (κ1) is 14.1. The molecule has 0 saturated heterocycles. The first-order valence-electron chi connectivity index (χ1n) is 5.91. The van der Waals surface area contributed by atoms with Crippen LogP contribution in [0.1, 0.15) is 44.0 Å². The normalized spacial score (nSPS) is 11.1. The highest BCUT2D eigenvalue weighted by atomic mass is 16.5. The van der Waals surface area contributed by atoms with Crippen molar-refractivity contribution in [3.63, 3.8) is 0 Å². The Bertz CT molecular complexity index is 495. The lowest BCUT2D eigenvalue weighted by Crippen LogP contribution is -2.27. The van der Waals surface area contributed by atoms with Crippen LogP contribution in [-0.4, -0.2) is 22.1 Å². The van der Waals surface area contributed by atoms with E-state index in [0.29, 0.717) is 12.2 Å². The van der Waals surface area contributed by atoms with Gasteiger partial charge in [-0.1, -0.05) is 12.8 Å². The van der Waals surface area contributed by atoms with Crippen molar-refractivity contribution < 1.29 is 9.53 Å². The summed E-state index contributed by atoms with van der Waals surface area (Å²) < 4.78 is 6.63. The molecule has 0 saturated carbocycles. The first-order valence-corrected chi connectivity index (χ1v) is 5.91. The largest absolute Gasteiger partial charge is 0.461 e. The number of anilines is 1. The monoisotopic (exact) mass is 249 g/mol. The Hall–Kier alpha value is -1.96. The molecular formula is C13H19N3O2. The van der Waals surface area contributed by atoms with Crippen molar-refractivity contribution in [1.29, 1.82) is 0 Å². The van der Waals surface area contributed by atoms with Crippen LogP contribution < -0.4 is 5.73 Å². The van der Waals surface area contributed by atoms with Gasteiger partial charge in [0.2, 0.25) is 0 Å². The summed E-state index contributed by atoms with van der Waals surface area (Å²) in [6, 6.07) is 0. The van der Waals surface area contributed by atoms with E-state index < -0.39 is 11.5 Å². The van der Waals surface area contributed by atoms with Gasteiger partial charge in [-0.25, -0.2) is 9.78 Å². The first-order chi connectivity index (χ1) is 8.38.